The van der Waals surface area contributed by atoms with Gasteiger partial charge in [-0.2, -0.15) is 0 Å². The molecule has 0 aliphatic carbocycles. The molecular weight excluding hydrogens is 251 g/mol. The first kappa shape index (κ1) is 13.9. The fourth-order valence-electron chi connectivity index (χ4n) is 1.13. The van der Waals surface area contributed by atoms with E-state index in [1.165, 1.54) is 27.4 Å². The van der Waals surface area contributed by atoms with Crippen molar-refractivity contribution in [2.24, 2.45) is 0 Å². The van der Waals surface area contributed by atoms with Crippen LogP contribution in [-0.2, 0) is 28.1 Å². The van der Waals surface area contributed by atoms with Crippen molar-refractivity contribution in [1.82, 2.24) is 0 Å². The van der Waals surface area contributed by atoms with Crippen LogP contribution in [0, 0.1) is 0 Å². The smallest absolute Gasteiger partial charge is 0.383 e. The lowest BCUT2D eigenvalue weighted by molar-refractivity contribution is -0.136. The van der Waals surface area contributed by atoms with E-state index in [4.69, 9.17) is 23.6 Å². The number of hydrogen-bond donors (Lipinski definition) is 1. The van der Waals surface area contributed by atoms with Gasteiger partial charge in [0.2, 0.25) is 5.76 Å². The Bertz CT molecular complexity index is 349. The van der Waals surface area contributed by atoms with Crippen LogP contribution in [0.15, 0.2) is 23.4 Å². The number of esters is 1. The third-order valence-electron chi connectivity index (χ3n) is 1.84. The van der Waals surface area contributed by atoms with Gasteiger partial charge in [-0.3, -0.25) is 0 Å². The molecule has 1 N–H and O–H groups in total. The van der Waals surface area contributed by atoms with Crippen LogP contribution in [0.3, 0.4) is 0 Å². The minimum absolute atomic E-state index is 0.00301. The van der Waals surface area contributed by atoms with E-state index in [0.29, 0.717) is 0 Å². The molecule has 0 amide bonds. The van der Waals surface area contributed by atoms with Crippen LogP contribution in [0.2, 0.25) is 0 Å². The Balaban J connectivity index is 2.69. The molecule has 0 aromatic rings. The Kier molecular flexibility index (Phi) is 5.37. The number of rotatable bonds is 6. The highest BCUT2D eigenvalue weighted by molar-refractivity contribution is 7.40. The van der Waals surface area contributed by atoms with Crippen molar-refractivity contribution < 1.29 is 32.9 Å². The first-order valence-electron chi connectivity index (χ1n) is 4.55. The predicted molar refractivity (Wildman–Crippen MR) is 57.3 cm³/mol. The molecule has 0 aromatic heterocycles. The van der Waals surface area contributed by atoms with Gasteiger partial charge in [-0.25, -0.2) is 4.79 Å². The molecule has 0 saturated heterocycles. The number of cyclic esters (lactones) is 1. The van der Waals surface area contributed by atoms with Gasteiger partial charge >= 0.3 is 14.6 Å². The first-order chi connectivity index (χ1) is 8.13. The molecule has 17 heavy (non-hydrogen) atoms. The third kappa shape index (κ3) is 3.41. The fraction of sp³-hybridized carbons (Fsp3) is 0.444. The molecule has 0 aromatic carbocycles. The number of hydrogen-bond acceptors (Lipinski definition) is 7. The van der Waals surface area contributed by atoms with Crippen LogP contribution in [0.5, 0.6) is 0 Å². The van der Waals surface area contributed by atoms with E-state index in [9.17, 15) is 4.79 Å². The maximum absolute atomic E-state index is 11.3. The molecule has 1 aliphatic rings. The lowest BCUT2D eigenvalue weighted by Gasteiger charge is -2.05. The number of carbonyl (C=O) groups excluding carboxylic acids is 1. The molecule has 1 unspecified atom stereocenters. The Morgan fingerprint density at radius 2 is 1.94 bits per heavy atom. The van der Waals surface area contributed by atoms with Gasteiger partial charge in [0.15, 0.2) is 5.76 Å². The summed E-state index contributed by atoms with van der Waals surface area (Å²) in [6.07, 6.45) is 1.44. The molecule has 96 valence electrons. The van der Waals surface area contributed by atoms with E-state index in [0.717, 1.165) is 0 Å². The summed E-state index contributed by atoms with van der Waals surface area (Å²) in [6, 6.07) is 0. The van der Waals surface area contributed by atoms with Crippen LogP contribution < -0.4 is 0 Å². The van der Waals surface area contributed by atoms with Crippen molar-refractivity contribution >= 4 is 14.6 Å². The molecule has 7 nitrogen and oxygen atoms in total. The quantitative estimate of drug-likeness (QED) is 0.561. The van der Waals surface area contributed by atoms with E-state index < -0.39 is 14.6 Å². The summed E-state index contributed by atoms with van der Waals surface area (Å²) in [5.41, 5.74) is 0. The lowest BCUT2D eigenvalue weighted by atomic mass is 10.3. The third-order valence-corrected chi connectivity index (χ3v) is 2.52. The summed E-state index contributed by atoms with van der Waals surface area (Å²) in [5, 5.41) is 0. The molecular formula is C9H13O7P. The Hall–Kier alpha value is -1.14. The van der Waals surface area contributed by atoms with E-state index in [-0.39, 0.29) is 23.9 Å². The minimum Gasteiger partial charge on any atom is -0.490 e. The summed E-state index contributed by atoms with van der Waals surface area (Å²) >= 11 is 0. The number of methoxy groups -OCH3 is 2. The summed E-state index contributed by atoms with van der Waals surface area (Å²) in [7, 11) is 2.13. The zero-order chi connectivity index (χ0) is 12.8. The van der Waals surface area contributed by atoms with Crippen LogP contribution in [0.25, 0.3) is 0 Å². The normalized spacial score (nSPS) is 19.5. The standard InChI is InChI=1S/C9H13O7P/c1-12-7-6(4-5-15-17(11)14-3)16-9(10)8(7)13-2/h4,11H,5H2,1-3H3/b6-4+. The first-order valence-corrected chi connectivity index (χ1v) is 5.68. The highest BCUT2D eigenvalue weighted by atomic mass is 31.2. The van der Waals surface area contributed by atoms with Crippen molar-refractivity contribution in [2.75, 3.05) is 27.9 Å². The van der Waals surface area contributed by atoms with Gasteiger partial charge in [0, 0.05) is 7.11 Å². The highest BCUT2D eigenvalue weighted by Crippen LogP contribution is 2.32. The summed E-state index contributed by atoms with van der Waals surface area (Å²) in [6.45, 7) is 0.0164. The van der Waals surface area contributed by atoms with Gasteiger partial charge in [0.25, 0.3) is 5.76 Å². The van der Waals surface area contributed by atoms with Gasteiger partial charge in [0.05, 0.1) is 20.8 Å². The van der Waals surface area contributed by atoms with Crippen molar-refractivity contribution in [3.8, 4) is 0 Å². The Morgan fingerprint density at radius 1 is 1.29 bits per heavy atom. The second kappa shape index (κ2) is 6.56. The average Bonchev–Trinajstić information content (AvgIpc) is 2.64. The topological polar surface area (TPSA) is 83.5 Å². The Morgan fingerprint density at radius 3 is 2.47 bits per heavy atom. The number of carbonyl (C=O) groups is 1. The molecule has 1 rings (SSSR count). The number of ether oxygens (including phenoxy) is 3. The molecule has 0 radical (unpaired) electrons. The molecule has 1 atom stereocenters. The van der Waals surface area contributed by atoms with Gasteiger partial charge in [-0.1, -0.05) is 0 Å². The minimum atomic E-state index is -1.92. The van der Waals surface area contributed by atoms with E-state index in [1.54, 1.807) is 0 Å². The summed E-state index contributed by atoms with van der Waals surface area (Å²) in [4.78, 5) is 20.3. The zero-order valence-electron chi connectivity index (χ0n) is 9.63. The van der Waals surface area contributed by atoms with Crippen LogP contribution in [-0.4, -0.2) is 38.8 Å². The largest absolute Gasteiger partial charge is 0.490 e. The summed E-state index contributed by atoms with van der Waals surface area (Å²) in [5.74, 6) is -0.250. The molecule has 0 spiro atoms. The average molecular weight is 264 g/mol. The molecule has 1 heterocycles. The second-order valence-corrected chi connectivity index (χ2v) is 3.84. The SMILES string of the molecule is COC1=C(OC)/C(=C\COP(O)OC)OC1=O. The molecule has 8 heteroatoms. The van der Waals surface area contributed by atoms with Crippen molar-refractivity contribution in [3.05, 3.63) is 23.4 Å². The van der Waals surface area contributed by atoms with Crippen LogP contribution in [0.1, 0.15) is 0 Å². The van der Waals surface area contributed by atoms with Gasteiger partial charge < -0.3 is 28.2 Å². The van der Waals surface area contributed by atoms with Crippen molar-refractivity contribution in [1.29, 1.82) is 0 Å². The van der Waals surface area contributed by atoms with Crippen molar-refractivity contribution in [3.63, 3.8) is 0 Å². The fourth-order valence-corrected chi connectivity index (χ4v) is 1.44. The maximum atomic E-state index is 11.3. The molecule has 0 bridgehead atoms. The van der Waals surface area contributed by atoms with E-state index >= 15 is 0 Å². The van der Waals surface area contributed by atoms with Gasteiger partial charge in [0.1, 0.15) is 0 Å². The summed E-state index contributed by atoms with van der Waals surface area (Å²) < 4.78 is 24.1. The molecule has 0 saturated carbocycles. The van der Waals surface area contributed by atoms with E-state index in [1.807, 2.05) is 0 Å². The monoisotopic (exact) mass is 264 g/mol. The predicted octanol–water partition coefficient (Wildman–Crippen LogP) is 0.814. The Labute approximate surface area is 99.6 Å². The molecule has 1 aliphatic heterocycles. The van der Waals surface area contributed by atoms with Gasteiger partial charge in [-0.15, -0.1) is 0 Å². The lowest BCUT2D eigenvalue weighted by Crippen LogP contribution is -2.00. The second-order valence-electron chi connectivity index (χ2n) is 2.74. The van der Waals surface area contributed by atoms with E-state index in [2.05, 4.69) is 4.52 Å². The van der Waals surface area contributed by atoms with Crippen LogP contribution >= 0.6 is 8.60 Å². The van der Waals surface area contributed by atoms with Crippen molar-refractivity contribution in [2.45, 2.75) is 0 Å². The van der Waals surface area contributed by atoms with Crippen LogP contribution in [0.4, 0.5) is 0 Å². The highest BCUT2D eigenvalue weighted by Gasteiger charge is 2.32. The molecule has 0 fully saturated rings. The maximum Gasteiger partial charge on any atom is 0.383 e. The van der Waals surface area contributed by atoms with Gasteiger partial charge in [-0.05, 0) is 6.08 Å². The zero-order valence-corrected chi connectivity index (χ0v) is 10.5.